The number of halogens is 2. The Kier molecular flexibility index (Phi) is 5.27. The van der Waals surface area contributed by atoms with E-state index >= 15 is 0 Å². The molecule has 3 atom stereocenters. The number of hydrogen-bond donors (Lipinski definition) is 1. The summed E-state index contributed by atoms with van der Waals surface area (Å²) in [7, 11) is -1.28. The molecule has 1 spiro atoms. The molecular weight excluding hydrogens is 386 g/mol. The van der Waals surface area contributed by atoms with Crippen LogP contribution in [0.25, 0.3) is 0 Å². The van der Waals surface area contributed by atoms with Crippen LogP contribution in [0.4, 0.5) is 8.78 Å². The number of nitrogens with zero attached hydrogens (tertiary/aromatic N) is 2. The molecule has 8 heteroatoms. The lowest BCUT2D eigenvalue weighted by molar-refractivity contribution is -0.0600. The van der Waals surface area contributed by atoms with E-state index in [4.69, 9.17) is 0 Å². The first-order chi connectivity index (χ1) is 13.1. The lowest BCUT2D eigenvalue weighted by Crippen LogP contribution is -2.63. The molecule has 1 N–H and O–H groups in total. The Morgan fingerprint density at radius 2 is 1.79 bits per heavy atom. The highest BCUT2D eigenvalue weighted by molar-refractivity contribution is 7.82. The molecule has 2 bridgehead atoms. The summed E-state index contributed by atoms with van der Waals surface area (Å²) < 4.78 is 43.6. The van der Waals surface area contributed by atoms with Crippen molar-refractivity contribution in [3.05, 3.63) is 24.3 Å². The fourth-order valence-corrected chi connectivity index (χ4v) is 6.65. The summed E-state index contributed by atoms with van der Waals surface area (Å²) in [5.74, 6) is 0.0755. The third-order valence-corrected chi connectivity index (χ3v) is 7.59. The standard InChI is InChI=1S/C20H28F2N2O3S/c1-19(2,25)11-24-14-3-4-15(24)10-20(9-14)12-23(13-20)28(26)17-7-5-16(6-8-17)27-18(21)22/h5-8,14-15,18,25H,3-4,9-13H2,1-2H3. The van der Waals surface area contributed by atoms with Gasteiger partial charge >= 0.3 is 6.61 Å². The van der Waals surface area contributed by atoms with E-state index in [0.29, 0.717) is 23.5 Å². The third-order valence-electron chi connectivity index (χ3n) is 6.19. The molecule has 4 rings (SSSR count). The summed E-state index contributed by atoms with van der Waals surface area (Å²) >= 11 is 0. The van der Waals surface area contributed by atoms with Crippen LogP contribution in [-0.2, 0) is 11.0 Å². The van der Waals surface area contributed by atoms with Crippen molar-refractivity contribution in [1.82, 2.24) is 9.21 Å². The van der Waals surface area contributed by atoms with E-state index in [1.807, 2.05) is 18.2 Å². The van der Waals surface area contributed by atoms with Gasteiger partial charge in [-0.25, -0.2) is 8.51 Å². The van der Waals surface area contributed by atoms with Crippen molar-refractivity contribution >= 4 is 11.0 Å². The van der Waals surface area contributed by atoms with E-state index in [0.717, 1.165) is 25.9 Å². The Morgan fingerprint density at radius 3 is 2.29 bits per heavy atom. The Balaban J connectivity index is 1.35. The van der Waals surface area contributed by atoms with Crippen LogP contribution in [0.2, 0.25) is 0 Å². The number of ether oxygens (including phenoxy) is 1. The van der Waals surface area contributed by atoms with Gasteiger partial charge in [0.25, 0.3) is 0 Å². The SMILES string of the molecule is CC(C)(O)CN1C2CCC1CC1(C2)CN(S(=O)c2ccc(OC(F)F)cc2)C1. The summed E-state index contributed by atoms with van der Waals surface area (Å²) in [6, 6.07) is 7.07. The van der Waals surface area contributed by atoms with Gasteiger partial charge in [-0.1, -0.05) is 0 Å². The maximum atomic E-state index is 12.8. The lowest BCUT2D eigenvalue weighted by atomic mass is 9.70. The predicted molar refractivity (Wildman–Crippen MR) is 103 cm³/mol. The topological polar surface area (TPSA) is 53.0 Å². The van der Waals surface area contributed by atoms with Gasteiger partial charge in [-0.3, -0.25) is 4.90 Å². The van der Waals surface area contributed by atoms with Crippen molar-refractivity contribution in [2.45, 2.75) is 68.7 Å². The average molecular weight is 415 g/mol. The van der Waals surface area contributed by atoms with Crippen LogP contribution in [0.5, 0.6) is 5.75 Å². The molecule has 0 radical (unpaired) electrons. The Labute approximate surface area is 167 Å². The van der Waals surface area contributed by atoms with Gasteiger partial charge in [-0.15, -0.1) is 0 Å². The van der Waals surface area contributed by atoms with E-state index in [1.165, 1.54) is 25.0 Å². The number of rotatable bonds is 6. The number of fused-ring (bicyclic) bond motifs is 2. The molecule has 3 saturated heterocycles. The Hall–Kier alpha value is -1.09. The van der Waals surface area contributed by atoms with Crippen LogP contribution < -0.4 is 4.74 Å². The molecule has 1 aromatic rings. The molecule has 3 aliphatic rings. The van der Waals surface area contributed by atoms with Crippen molar-refractivity contribution in [3.63, 3.8) is 0 Å². The minimum Gasteiger partial charge on any atom is -0.435 e. The highest BCUT2D eigenvalue weighted by Gasteiger charge is 2.55. The van der Waals surface area contributed by atoms with E-state index in [9.17, 15) is 18.1 Å². The summed E-state index contributed by atoms with van der Waals surface area (Å²) in [6.07, 6.45) is 4.54. The first-order valence-corrected chi connectivity index (χ1v) is 10.9. The van der Waals surface area contributed by atoms with E-state index in [1.54, 1.807) is 12.1 Å². The molecule has 28 heavy (non-hydrogen) atoms. The number of piperidine rings is 1. The van der Waals surface area contributed by atoms with Crippen LogP contribution in [0.15, 0.2) is 29.2 Å². The molecule has 3 fully saturated rings. The molecule has 0 aromatic heterocycles. The maximum absolute atomic E-state index is 12.8. The zero-order valence-corrected chi connectivity index (χ0v) is 17.1. The zero-order chi connectivity index (χ0) is 20.1. The summed E-state index contributed by atoms with van der Waals surface area (Å²) in [6.45, 7) is 3.19. The number of benzene rings is 1. The van der Waals surface area contributed by atoms with Crippen LogP contribution in [0, 0.1) is 5.41 Å². The van der Waals surface area contributed by atoms with Crippen LogP contribution in [0.1, 0.15) is 39.5 Å². The summed E-state index contributed by atoms with van der Waals surface area (Å²) in [4.78, 5) is 3.09. The molecule has 3 heterocycles. The second kappa shape index (κ2) is 7.31. The van der Waals surface area contributed by atoms with E-state index < -0.39 is 23.2 Å². The molecule has 156 valence electrons. The van der Waals surface area contributed by atoms with Crippen LogP contribution in [0.3, 0.4) is 0 Å². The van der Waals surface area contributed by atoms with Gasteiger partial charge in [0, 0.05) is 37.1 Å². The van der Waals surface area contributed by atoms with Crippen LogP contribution in [-0.4, -0.2) is 62.5 Å². The highest BCUT2D eigenvalue weighted by Crippen LogP contribution is 2.51. The minimum atomic E-state index is -2.86. The zero-order valence-electron chi connectivity index (χ0n) is 16.3. The average Bonchev–Trinajstić information content (AvgIpc) is 2.80. The second-order valence-electron chi connectivity index (χ2n) is 9.18. The van der Waals surface area contributed by atoms with E-state index in [2.05, 4.69) is 9.64 Å². The molecule has 3 aliphatic heterocycles. The first-order valence-electron chi connectivity index (χ1n) is 9.84. The number of hydrogen-bond acceptors (Lipinski definition) is 4. The fourth-order valence-electron chi connectivity index (χ4n) is 5.21. The largest absolute Gasteiger partial charge is 0.435 e. The Morgan fingerprint density at radius 1 is 1.21 bits per heavy atom. The van der Waals surface area contributed by atoms with Gasteiger partial charge in [-0.2, -0.15) is 8.78 Å². The first kappa shape index (κ1) is 20.2. The van der Waals surface area contributed by atoms with Crippen molar-refractivity contribution in [3.8, 4) is 5.75 Å². The molecule has 5 nitrogen and oxygen atoms in total. The monoisotopic (exact) mass is 414 g/mol. The molecular formula is C20H28F2N2O3S. The van der Waals surface area contributed by atoms with Crippen molar-refractivity contribution in [2.75, 3.05) is 19.6 Å². The van der Waals surface area contributed by atoms with Crippen LogP contribution >= 0.6 is 0 Å². The Bertz CT molecular complexity index is 716. The highest BCUT2D eigenvalue weighted by atomic mass is 32.2. The molecule has 1 aromatic carbocycles. The normalized spacial score (nSPS) is 28.5. The third kappa shape index (κ3) is 4.10. The summed E-state index contributed by atoms with van der Waals surface area (Å²) in [5, 5.41) is 10.2. The molecule has 0 aliphatic carbocycles. The van der Waals surface area contributed by atoms with Gasteiger partial charge in [-0.05, 0) is 63.8 Å². The van der Waals surface area contributed by atoms with Crippen molar-refractivity contribution in [2.24, 2.45) is 5.41 Å². The molecule has 0 saturated carbocycles. The predicted octanol–water partition coefficient (Wildman–Crippen LogP) is 3.01. The van der Waals surface area contributed by atoms with Gasteiger partial charge < -0.3 is 9.84 Å². The maximum Gasteiger partial charge on any atom is 0.387 e. The quantitative estimate of drug-likeness (QED) is 0.778. The number of aliphatic hydroxyl groups is 1. The van der Waals surface area contributed by atoms with Gasteiger partial charge in [0.1, 0.15) is 16.7 Å². The van der Waals surface area contributed by atoms with Crippen molar-refractivity contribution in [1.29, 1.82) is 0 Å². The fraction of sp³-hybridized carbons (Fsp3) is 0.700. The summed E-state index contributed by atoms with van der Waals surface area (Å²) in [5.41, 5.74) is -0.463. The van der Waals surface area contributed by atoms with Crippen molar-refractivity contribution < 1.29 is 22.8 Å². The van der Waals surface area contributed by atoms with Gasteiger partial charge in [0.05, 0.1) is 10.5 Å². The van der Waals surface area contributed by atoms with E-state index in [-0.39, 0.29) is 11.2 Å². The number of alkyl halides is 2. The minimum absolute atomic E-state index is 0.0755. The molecule has 0 amide bonds. The van der Waals surface area contributed by atoms with Gasteiger partial charge in [0.2, 0.25) is 0 Å². The van der Waals surface area contributed by atoms with Gasteiger partial charge in [0.15, 0.2) is 0 Å². The lowest BCUT2D eigenvalue weighted by Gasteiger charge is -2.56. The molecule has 3 unspecified atom stereocenters. The second-order valence-corrected chi connectivity index (χ2v) is 10.7. The smallest absolute Gasteiger partial charge is 0.387 e.